The zero-order valence-electron chi connectivity index (χ0n) is 16.1. The lowest BCUT2D eigenvalue weighted by Gasteiger charge is -2.11. The van der Waals surface area contributed by atoms with Crippen molar-refractivity contribution in [1.82, 2.24) is 14.8 Å². The van der Waals surface area contributed by atoms with Crippen molar-refractivity contribution >= 4 is 38.2 Å². The number of carbonyl (C=O) groups excluding carboxylic acids is 2. The van der Waals surface area contributed by atoms with Crippen molar-refractivity contribution in [3.05, 3.63) is 27.5 Å². The Hall–Kier alpha value is -2.27. The molecule has 1 atom stereocenters. The molecule has 9 nitrogen and oxygen atoms in total. The second-order valence-electron chi connectivity index (χ2n) is 6.66. The summed E-state index contributed by atoms with van der Waals surface area (Å²) in [6, 6.07) is -0.261. The number of thiazole rings is 1. The molecule has 1 aliphatic rings. The van der Waals surface area contributed by atoms with Crippen LogP contribution >= 0.6 is 11.3 Å². The van der Waals surface area contributed by atoms with E-state index in [2.05, 4.69) is 15.4 Å². The SMILES string of the molecule is CCOC(=O)c1sc(NC(=O)c2c(C)nn([C@H]3CCS(=O)(=O)C3)c2C)nc1C. The fourth-order valence-electron chi connectivity index (χ4n) is 3.31. The number of aromatic nitrogens is 3. The van der Waals surface area contributed by atoms with Crippen LogP contribution in [0.1, 0.15) is 56.5 Å². The number of anilines is 1. The van der Waals surface area contributed by atoms with Gasteiger partial charge in [0.15, 0.2) is 15.0 Å². The highest BCUT2D eigenvalue weighted by molar-refractivity contribution is 7.91. The number of esters is 1. The third-order valence-corrected chi connectivity index (χ3v) is 7.39. The summed E-state index contributed by atoms with van der Waals surface area (Å²) in [5.41, 5.74) is 1.99. The van der Waals surface area contributed by atoms with E-state index in [9.17, 15) is 18.0 Å². The number of aryl methyl sites for hydroxylation is 2. The highest BCUT2D eigenvalue weighted by Crippen LogP contribution is 2.28. The minimum atomic E-state index is -3.06. The Kier molecular flexibility index (Phi) is 5.57. The van der Waals surface area contributed by atoms with Gasteiger partial charge >= 0.3 is 5.97 Å². The van der Waals surface area contributed by atoms with Crippen molar-refractivity contribution in [2.24, 2.45) is 0 Å². The van der Waals surface area contributed by atoms with Crippen LogP contribution in [0, 0.1) is 20.8 Å². The van der Waals surface area contributed by atoms with Gasteiger partial charge in [-0.3, -0.25) is 14.8 Å². The van der Waals surface area contributed by atoms with Gasteiger partial charge in [0.1, 0.15) is 4.88 Å². The molecule has 1 saturated heterocycles. The van der Waals surface area contributed by atoms with E-state index in [4.69, 9.17) is 4.74 Å². The van der Waals surface area contributed by atoms with Crippen LogP contribution in [0.4, 0.5) is 5.13 Å². The Morgan fingerprint density at radius 3 is 2.61 bits per heavy atom. The predicted octanol–water partition coefficient (Wildman–Crippen LogP) is 2.05. The molecule has 28 heavy (non-hydrogen) atoms. The predicted molar refractivity (Wildman–Crippen MR) is 105 cm³/mol. The number of ether oxygens (including phenoxy) is 1. The number of rotatable bonds is 5. The normalized spacial score (nSPS) is 18.2. The summed E-state index contributed by atoms with van der Waals surface area (Å²) in [6.45, 7) is 7.10. The van der Waals surface area contributed by atoms with Gasteiger partial charge in [0.2, 0.25) is 0 Å². The first kappa shape index (κ1) is 20.5. The minimum Gasteiger partial charge on any atom is -0.462 e. The Bertz CT molecular complexity index is 1040. The molecule has 0 radical (unpaired) electrons. The van der Waals surface area contributed by atoms with Crippen LogP contribution < -0.4 is 5.32 Å². The van der Waals surface area contributed by atoms with Crippen LogP contribution in [0.3, 0.4) is 0 Å². The molecule has 2 aromatic rings. The van der Waals surface area contributed by atoms with E-state index in [1.54, 1.807) is 32.4 Å². The van der Waals surface area contributed by atoms with Gasteiger partial charge in [-0.1, -0.05) is 11.3 Å². The van der Waals surface area contributed by atoms with Crippen molar-refractivity contribution in [3.8, 4) is 0 Å². The van der Waals surface area contributed by atoms with Gasteiger partial charge in [-0.2, -0.15) is 5.10 Å². The standard InChI is InChI=1S/C17H22N4O5S2/c1-5-26-16(23)14-10(3)18-17(27-14)19-15(22)13-9(2)20-21(11(13)4)12-6-7-28(24,25)8-12/h12H,5-8H2,1-4H3,(H,18,19,22)/t12-/m0/s1. The maximum Gasteiger partial charge on any atom is 0.350 e. The number of nitrogens with zero attached hydrogens (tertiary/aromatic N) is 3. The lowest BCUT2D eigenvalue weighted by molar-refractivity contribution is 0.0531. The van der Waals surface area contributed by atoms with Crippen LogP contribution in [-0.2, 0) is 14.6 Å². The van der Waals surface area contributed by atoms with Crippen molar-refractivity contribution in [3.63, 3.8) is 0 Å². The average molecular weight is 427 g/mol. The summed E-state index contributed by atoms with van der Waals surface area (Å²) in [6.07, 6.45) is 0.486. The van der Waals surface area contributed by atoms with Crippen LogP contribution in [0.5, 0.6) is 0 Å². The first-order chi connectivity index (χ1) is 13.1. The monoisotopic (exact) mass is 426 g/mol. The molecule has 1 amide bonds. The lowest BCUT2D eigenvalue weighted by Crippen LogP contribution is -2.16. The lowest BCUT2D eigenvalue weighted by atomic mass is 10.1. The smallest absolute Gasteiger partial charge is 0.350 e. The molecule has 2 aromatic heterocycles. The molecule has 0 spiro atoms. The first-order valence-corrected chi connectivity index (χ1v) is 11.5. The Morgan fingerprint density at radius 1 is 1.29 bits per heavy atom. The second-order valence-corrected chi connectivity index (χ2v) is 9.88. The van der Waals surface area contributed by atoms with Crippen LogP contribution in [0.15, 0.2) is 0 Å². The quantitative estimate of drug-likeness (QED) is 0.727. The molecule has 1 aliphatic heterocycles. The molecule has 1 N–H and O–H groups in total. The largest absolute Gasteiger partial charge is 0.462 e. The third-order valence-electron chi connectivity index (χ3n) is 4.58. The molecule has 0 aromatic carbocycles. The van der Waals surface area contributed by atoms with E-state index in [1.165, 1.54) is 0 Å². The summed E-state index contributed by atoms with van der Waals surface area (Å²) >= 11 is 1.05. The van der Waals surface area contributed by atoms with Crippen LogP contribution in [0.2, 0.25) is 0 Å². The van der Waals surface area contributed by atoms with Gasteiger partial charge < -0.3 is 4.74 Å². The van der Waals surface area contributed by atoms with E-state index in [1.807, 2.05) is 0 Å². The van der Waals surface area contributed by atoms with Crippen LogP contribution in [0.25, 0.3) is 0 Å². The molecule has 3 rings (SSSR count). The van der Waals surface area contributed by atoms with Gasteiger partial charge in [-0.05, 0) is 34.1 Å². The number of sulfone groups is 1. The van der Waals surface area contributed by atoms with E-state index in [0.717, 1.165) is 11.3 Å². The molecular weight excluding hydrogens is 404 g/mol. The topological polar surface area (TPSA) is 120 Å². The highest BCUT2D eigenvalue weighted by atomic mass is 32.2. The van der Waals surface area contributed by atoms with Gasteiger partial charge in [-0.25, -0.2) is 18.2 Å². The van der Waals surface area contributed by atoms with Gasteiger partial charge in [0, 0.05) is 5.69 Å². The fraction of sp³-hybridized carbons (Fsp3) is 0.529. The fourth-order valence-corrected chi connectivity index (χ4v) is 5.86. The van der Waals surface area contributed by atoms with Gasteiger partial charge in [-0.15, -0.1) is 0 Å². The summed E-state index contributed by atoms with van der Waals surface area (Å²) < 4.78 is 30.1. The number of carbonyl (C=O) groups is 2. The summed E-state index contributed by atoms with van der Waals surface area (Å²) in [5, 5.41) is 7.40. The minimum absolute atomic E-state index is 0.0323. The average Bonchev–Trinajstić information content (AvgIpc) is 3.23. The Balaban J connectivity index is 1.82. The molecule has 0 saturated carbocycles. The number of hydrogen-bond donors (Lipinski definition) is 1. The van der Waals surface area contributed by atoms with Crippen molar-refractivity contribution in [2.75, 3.05) is 23.4 Å². The zero-order valence-corrected chi connectivity index (χ0v) is 17.7. The first-order valence-electron chi connectivity index (χ1n) is 8.85. The van der Waals surface area contributed by atoms with Gasteiger partial charge in [0.05, 0.1) is 41.1 Å². The number of nitrogens with one attached hydrogen (secondary N) is 1. The summed E-state index contributed by atoms with van der Waals surface area (Å²) in [4.78, 5) is 29.3. The Morgan fingerprint density at radius 2 is 2.00 bits per heavy atom. The molecule has 0 bridgehead atoms. The molecule has 0 aliphatic carbocycles. The van der Waals surface area contributed by atoms with Crippen molar-refractivity contribution in [1.29, 1.82) is 0 Å². The summed E-state index contributed by atoms with van der Waals surface area (Å²) in [5.74, 6) is -0.705. The molecule has 11 heteroatoms. The van der Waals surface area contributed by atoms with Crippen molar-refractivity contribution < 1.29 is 22.7 Å². The maximum absolute atomic E-state index is 12.8. The van der Waals surface area contributed by atoms with E-state index in [0.29, 0.717) is 39.1 Å². The van der Waals surface area contributed by atoms with Gasteiger partial charge in [0.25, 0.3) is 5.91 Å². The van der Waals surface area contributed by atoms with E-state index < -0.39 is 21.7 Å². The highest BCUT2D eigenvalue weighted by Gasteiger charge is 2.32. The molecule has 1 fully saturated rings. The molecule has 3 heterocycles. The molecule has 0 unspecified atom stereocenters. The third kappa shape index (κ3) is 3.95. The molecule has 152 valence electrons. The van der Waals surface area contributed by atoms with Crippen LogP contribution in [-0.4, -0.2) is 53.2 Å². The summed E-state index contributed by atoms with van der Waals surface area (Å²) in [7, 11) is -3.06. The maximum atomic E-state index is 12.8. The second kappa shape index (κ2) is 7.63. The zero-order chi connectivity index (χ0) is 20.6. The van der Waals surface area contributed by atoms with E-state index in [-0.39, 0.29) is 24.2 Å². The van der Waals surface area contributed by atoms with Crippen molar-refractivity contribution in [2.45, 2.75) is 40.2 Å². The van der Waals surface area contributed by atoms with E-state index >= 15 is 0 Å². The number of amides is 1. The molecular formula is C17H22N4O5S2. The Labute approximate surface area is 167 Å². The number of hydrogen-bond acceptors (Lipinski definition) is 8.